The van der Waals surface area contributed by atoms with Crippen LogP contribution in [0.5, 0.6) is 0 Å². The molecule has 0 aliphatic heterocycles. The average Bonchev–Trinajstić information content (AvgIpc) is 3.07. The molecule has 2 rings (SSSR count). The number of amides is 1. The van der Waals surface area contributed by atoms with E-state index in [9.17, 15) is 38.2 Å². The van der Waals surface area contributed by atoms with Crippen LogP contribution in [0, 0.1) is 32.1 Å². The highest BCUT2D eigenvalue weighted by Gasteiger charge is 2.38. The van der Waals surface area contributed by atoms with Gasteiger partial charge in [-0.05, 0) is 6.42 Å². The number of hydrazine groups is 1. The molecule has 0 unspecified atom stereocenters. The van der Waals surface area contributed by atoms with Crippen molar-refractivity contribution in [3.8, 4) is 0 Å². The van der Waals surface area contributed by atoms with E-state index in [2.05, 4.69) is 0 Å². The van der Waals surface area contributed by atoms with Crippen LogP contribution in [0.25, 0.3) is 0 Å². The number of nitrogens with one attached hydrogen (secondary N) is 2. The fourth-order valence-corrected chi connectivity index (χ4v) is 3.14. The number of anilines is 1. The van der Waals surface area contributed by atoms with Gasteiger partial charge in [0.1, 0.15) is 4.84 Å². The minimum absolute atomic E-state index is 0.134. The Morgan fingerprint density at radius 1 is 1.18 bits per heavy atom. The molecular weight excluding hydrogens is 432 g/mol. The molecular formula is C14H11Cl2F3N4O5. The average molecular weight is 443 g/mol. The molecule has 9 nitrogen and oxygen atoms in total. The molecule has 1 aliphatic carbocycles. The molecule has 2 atom stereocenters. The quantitative estimate of drug-likeness (QED) is 0.297. The van der Waals surface area contributed by atoms with Gasteiger partial charge in [-0.15, -0.1) is 23.2 Å². The Morgan fingerprint density at radius 2 is 1.71 bits per heavy atom. The summed E-state index contributed by atoms with van der Waals surface area (Å²) in [5.74, 6) is -2.08. The standard InChI is InChI=1S/C14H11Cl2F3N4O5/c15-12(16)7-2-1-3-8(7)13(24)21-20-11-9(22(25)26)4-6(14(17,18)19)5-10(11)23(27)28/h1-2,4-5,7-8,12,20H,3H2,(H,21,24)/t7-,8-/m1/s1. The third-order valence-electron chi connectivity index (χ3n) is 3.97. The zero-order valence-electron chi connectivity index (χ0n) is 13.6. The van der Waals surface area contributed by atoms with Crippen LogP contribution < -0.4 is 10.9 Å². The van der Waals surface area contributed by atoms with E-state index in [0.717, 1.165) is 0 Å². The van der Waals surface area contributed by atoms with Gasteiger partial charge in [0.25, 0.3) is 0 Å². The van der Waals surface area contributed by atoms with Crippen LogP contribution in [0.1, 0.15) is 12.0 Å². The number of carbonyl (C=O) groups excluding carboxylic acids is 1. The van der Waals surface area contributed by atoms with Gasteiger partial charge >= 0.3 is 17.6 Å². The largest absolute Gasteiger partial charge is 0.416 e. The molecule has 2 N–H and O–H groups in total. The van der Waals surface area contributed by atoms with Crippen LogP contribution in [0.3, 0.4) is 0 Å². The van der Waals surface area contributed by atoms with Gasteiger partial charge in [0, 0.05) is 18.1 Å². The van der Waals surface area contributed by atoms with E-state index in [4.69, 9.17) is 23.2 Å². The van der Waals surface area contributed by atoms with Crippen molar-refractivity contribution in [3.05, 3.63) is 50.1 Å². The molecule has 0 radical (unpaired) electrons. The third kappa shape index (κ3) is 4.62. The second-order valence-electron chi connectivity index (χ2n) is 5.70. The monoisotopic (exact) mass is 442 g/mol. The van der Waals surface area contributed by atoms with E-state index in [1.54, 1.807) is 12.2 Å². The molecule has 1 amide bonds. The highest BCUT2D eigenvalue weighted by atomic mass is 35.5. The Kier molecular flexibility index (Phi) is 6.34. The van der Waals surface area contributed by atoms with Gasteiger partial charge in [-0.3, -0.25) is 35.9 Å². The number of carbonyl (C=O) groups is 1. The van der Waals surface area contributed by atoms with Crippen LogP contribution in [0.2, 0.25) is 0 Å². The van der Waals surface area contributed by atoms with Crippen molar-refractivity contribution < 1.29 is 27.8 Å². The van der Waals surface area contributed by atoms with Crippen molar-refractivity contribution in [3.63, 3.8) is 0 Å². The van der Waals surface area contributed by atoms with Gasteiger partial charge in [0.15, 0.2) is 0 Å². The number of nitro groups is 2. The van der Waals surface area contributed by atoms with Crippen LogP contribution in [0.4, 0.5) is 30.2 Å². The number of nitrogens with zero attached hydrogens (tertiary/aromatic N) is 2. The zero-order valence-corrected chi connectivity index (χ0v) is 15.1. The summed E-state index contributed by atoms with van der Waals surface area (Å²) in [6, 6.07) is 0.268. The predicted octanol–water partition coefficient (Wildman–Crippen LogP) is 3.96. The molecule has 14 heteroatoms. The van der Waals surface area contributed by atoms with Crippen LogP contribution in [-0.4, -0.2) is 20.6 Å². The van der Waals surface area contributed by atoms with Crippen molar-refractivity contribution in [1.29, 1.82) is 0 Å². The van der Waals surface area contributed by atoms with E-state index in [-0.39, 0.29) is 18.6 Å². The SMILES string of the molecule is O=C(NNc1c([N+](=O)[O-])cc(C(F)(F)F)cc1[N+](=O)[O-])[C@@H]1CC=C[C@H]1C(Cl)Cl. The second-order valence-corrected chi connectivity index (χ2v) is 6.86. The molecule has 28 heavy (non-hydrogen) atoms. The second kappa shape index (κ2) is 8.19. The maximum Gasteiger partial charge on any atom is 0.416 e. The van der Waals surface area contributed by atoms with Crippen LogP contribution >= 0.6 is 23.2 Å². The van der Waals surface area contributed by atoms with Crippen molar-refractivity contribution in [2.75, 3.05) is 5.43 Å². The third-order valence-corrected chi connectivity index (χ3v) is 4.55. The van der Waals surface area contributed by atoms with Gasteiger partial charge < -0.3 is 0 Å². The van der Waals surface area contributed by atoms with E-state index in [0.29, 0.717) is 0 Å². The van der Waals surface area contributed by atoms with E-state index in [1.807, 2.05) is 10.9 Å². The van der Waals surface area contributed by atoms with Gasteiger partial charge in [-0.2, -0.15) is 13.2 Å². The predicted molar refractivity (Wildman–Crippen MR) is 92.7 cm³/mol. The molecule has 0 saturated carbocycles. The first kappa shape index (κ1) is 21.7. The molecule has 0 heterocycles. The van der Waals surface area contributed by atoms with Crippen molar-refractivity contribution >= 4 is 46.2 Å². The lowest BCUT2D eigenvalue weighted by Crippen LogP contribution is -2.38. The topological polar surface area (TPSA) is 127 Å². The Balaban J connectivity index is 2.35. The summed E-state index contributed by atoms with van der Waals surface area (Å²) in [6.07, 6.45) is -1.57. The van der Waals surface area contributed by atoms with E-state index < -0.39 is 61.2 Å². The first-order valence-electron chi connectivity index (χ1n) is 7.48. The fraction of sp³-hybridized carbons (Fsp3) is 0.357. The molecule has 1 aliphatic rings. The molecule has 0 fully saturated rings. The minimum Gasteiger partial charge on any atom is -0.286 e. The Morgan fingerprint density at radius 3 is 2.14 bits per heavy atom. The number of hydrogen-bond acceptors (Lipinski definition) is 6. The Labute approximate surface area is 164 Å². The van der Waals surface area contributed by atoms with Gasteiger partial charge in [0.05, 0.1) is 21.3 Å². The molecule has 1 aromatic rings. The summed E-state index contributed by atoms with van der Waals surface area (Å²) >= 11 is 11.5. The summed E-state index contributed by atoms with van der Waals surface area (Å²) in [7, 11) is 0. The lowest BCUT2D eigenvalue weighted by Gasteiger charge is -2.20. The number of nitro benzene ring substituents is 2. The molecule has 1 aromatic carbocycles. The summed E-state index contributed by atoms with van der Waals surface area (Å²) in [5, 5.41) is 22.3. The minimum atomic E-state index is -5.05. The smallest absolute Gasteiger partial charge is 0.286 e. The number of hydrogen-bond donors (Lipinski definition) is 2. The van der Waals surface area contributed by atoms with E-state index in [1.165, 1.54) is 0 Å². The number of alkyl halides is 5. The van der Waals surface area contributed by atoms with Crippen molar-refractivity contribution in [1.82, 2.24) is 5.43 Å². The van der Waals surface area contributed by atoms with Crippen molar-refractivity contribution in [2.45, 2.75) is 17.4 Å². The Hall–Kier alpha value is -2.60. The molecule has 0 aromatic heterocycles. The van der Waals surface area contributed by atoms with Crippen LogP contribution in [-0.2, 0) is 11.0 Å². The molecule has 0 saturated heterocycles. The first-order valence-corrected chi connectivity index (χ1v) is 8.35. The number of benzene rings is 1. The zero-order chi connectivity index (χ0) is 21.2. The molecule has 0 bridgehead atoms. The maximum absolute atomic E-state index is 12.9. The Bertz CT molecular complexity index is 812. The summed E-state index contributed by atoms with van der Waals surface area (Å²) in [4.78, 5) is 31.2. The number of halogens is 5. The van der Waals surface area contributed by atoms with Gasteiger partial charge in [-0.1, -0.05) is 12.2 Å². The summed E-state index contributed by atoms with van der Waals surface area (Å²) in [5.41, 5.74) is -0.890. The highest BCUT2D eigenvalue weighted by molar-refractivity contribution is 6.44. The van der Waals surface area contributed by atoms with Gasteiger partial charge in [0.2, 0.25) is 11.6 Å². The normalized spacial score (nSPS) is 18.9. The molecule has 0 spiro atoms. The fourth-order valence-electron chi connectivity index (χ4n) is 2.62. The van der Waals surface area contributed by atoms with E-state index >= 15 is 0 Å². The highest BCUT2D eigenvalue weighted by Crippen LogP contribution is 2.41. The summed E-state index contributed by atoms with van der Waals surface area (Å²) in [6.45, 7) is 0. The summed E-state index contributed by atoms with van der Waals surface area (Å²) < 4.78 is 38.6. The molecule has 152 valence electrons. The maximum atomic E-state index is 12.9. The van der Waals surface area contributed by atoms with Gasteiger partial charge in [-0.25, -0.2) is 0 Å². The number of allylic oxidation sites excluding steroid dienone is 2. The van der Waals surface area contributed by atoms with Crippen molar-refractivity contribution in [2.24, 2.45) is 11.8 Å². The first-order chi connectivity index (χ1) is 12.9. The number of rotatable bonds is 6. The van der Waals surface area contributed by atoms with Crippen LogP contribution in [0.15, 0.2) is 24.3 Å². The lowest BCUT2D eigenvalue weighted by molar-refractivity contribution is -0.392. The lowest BCUT2D eigenvalue weighted by atomic mass is 9.96.